The Hall–Kier alpha value is -2.05. The molecule has 0 bridgehead atoms. The molecule has 2 atom stereocenters. The van der Waals surface area contributed by atoms with Crippen molar-refractivity contribution in [2.75, 3.05) is 32.6 Å². The lowest BCUT2D eigenvalue weighted by Crippen LogP contribution is -2.29. The third-order valence-corrected chi connectivity index (χ3v) is 4.71. The predicted octanol–water partition coefficient (Wildman–Crippen LogP) is 2.47. The van der Waals surface area contributed by atoms with E-state index in [1.54, 1.807) is 0 Å². The van der Waals surface area contributed by atoms with Crippen LogP contribution in [0.4, 0.5) is 5.82 Å². The molecular weight excluding hydrogens is 326 g/mol. The van der Waals surface area contributed by atoms with E-state index in [1.165, 1.54) is 5.56 Å². The molecule has 1 fully saturated rings. The zero-order chi connectivity index (χ0) is 18.5. The van der Waals surface area contributed by atoms with Crippen LogP contribution in [0.1, 0.15) is 29.8 Å². The summed E-state index contributed by atoms with van der Waals surface area (Å²) >= 11 is 0. The Labute approximate surface area is 156 Å². The lowest BCUT2D eigenvalue weighted by molar-refractivity contribution is 0.0258. The topological polar surface area (TPSA) is 54.4 Å². The van der Waals surface area contributed by atoms with Crippen LogP contribution >= 0.6 is 0 Å². The van der Waals surface area contributed by atoms with Crippen LogP contribution in [0.15, 0.2) is 30.7 Å². The summed E-state index contributed by atoms with van der Waals surface area (Å²) < 4.78 is 6.25. The molecule has 6 nitrogen and oxygen atoms in total. The second kappa shape index (κ2) is 8.56. The highest BCUT2D eigenvalue weighted by atomic mass is 16.5. The van der Waals surface area contributed by atoms with Crippen LogP contribution in [0.5, 0.6) is 0 Å². The Balaban J connectivity index is 1.50. The third-order valence-electron chi connectivity index (χ3n) is 4.71. The van der Waals surface area contributed by atoms with Gasteiger partial charge in [-0.1, -0.05) is 6.07 Å². The van der Waals surface area contributed by atoms with Gasteiger partial charge >= 0.3 is 0 Å². The normalized spacial score (nSPS) is 19.9. The molecule has 0 unspecified atom stereocenters. The largest absolute Gasteiger partial charge is 0.373 e. The molecule has 0 radical (unpaired) electrons. The van der Waals surface area contributed by atoms with Gasteiger partial charge in [0.05, 0.1) is 12.2 Å². The molecule has 1 aliphatic rings. The lowest BCUT2D eigenvalue weighted by Gasteiger charge is -2.21. The summed E-state index contributed by atoms with van der Waals surface area (Å²) in [7, 11) is 6.16. The van der Waals surface area contributed by atoms with Crippen LogP contribution in [0.3, 0.4) is 0 Å². The van der Waals surface area contributed by atoms with E-state index in [2.05, 4.69) is 28.0 Å². The molecule has 3 heterocycles. The van der Waals surface area contributed by atoms with E-state index in [-0.39, 0.29) is 12.2 Å². The average molecular weight is 355 g/mol. The summed E-state index contributed by atoms with van der Waals surface area (Å²) in [6, 6.07) is 4.09. The number of pyridine rings is 1. The molecular formula is C20H29N5O. The van der Waals surface area contributed by atoms with Gasteiger partial charge in [-0.25, -0.2) is 9.97 Å². The second-order valence-electron chi connectivity index (χ2n) is 7.41. The minimum atomic E-state index is 0.213. The zero-order valence-corrected chi connectivity index (χ0v) is 16.2. The fourth-order valence-electron chi connectivity index (χ4n) is 3.50. The van der Waals surface area contributed by atoms with Gasteiger partial charge in [0.15, 0.2) is 0 Å². The van der Waals surface area contributed by atoms with E-state index in [4.69, 9.17) is 9.72 Å². The lowest BCUT2D eigenvalue weighted by atomic mass is 10.1. The fraction of sp³-hybridized carbons (Fsp3) is 0.550. The quantitative estimate of drug-likeness (QED) is 0.760. The molecule has 2 aromatic heterocycles. The van der Waals surface area contributed by atoms with Gasteiger partial charge in [-0.15, -0.1) is 0 Å². The molecule has 0 aromatic carbocycles. The second-order valence-corrected chi connectivity index (χ2v) is 7.41. The summed E-state index contributed by atoms with van der Waals surface area (Å²) in [4.78, 5) is 17.7. The summed E-state index contributed by atoms with van der Waals surface area (Å²) in [5.41, 5.74) is 2.33. The number of aryl methyl sites for hydroxylation is 1. The first kappa shape index (κ1) is 18.7. The van der Waals surface area contributed by atoms with E-state index >= 15 is 0 Å². The van der Waals surface area contributed by atoms with Crippen molar-refractivity contribution in [2.24, 2.45) is 0 Å². The number of hydrogen-bond donors (Lipinski definition) is 0. The van der Waals surface area contributed by atoms with Crippen molar-refractivity contribution in [3.05, 3.63) is 47.7 Å². The molecule has 140 valence electrons. The highest BCUT2D eigenvalue weighted by molar-refractivity contribution is 5.43. The van der Waals surface area contributed by atoms with Gasteiger partial charge in [0, 0.05) is 57.8 Å². The average Bonchev–Trinajstić information content (AvgIpc) is 3.04. The highest BCUT2D eigenvalue weighted by Gasteiger charge is 2.27. The zero-order valence-electron chi connectivity index (χ0n) is 16.2. The number of likely N-dealkylation sites (N-methyl/N-ethyl adjacent to an activating group) is 1. The van der Waals surface area contributed by atoms with Gasteiger partial charge in [-0.3, -0.25) is 9.88 Å². The molecule has 0 aliphatic carbocycles. The number of nitrogens with zero attached hydrogens (tertiary/aromatic N) is 5. The molecule has 1 saturated heterocycles. The van der Waals surface area contributed by atoms with Crippen molar-refractivity contribution in [2.45, 2.75) is 44.9 Å². The number of aromatic nitrogens is 3. The molecule has 3 rings (SSSR count). The highest BCUT2D eigenvalue weighted by Crippen LogP contribution is 2.24. The Morgan fingerprint density at radius 3 is 2.69 bits per heavy atom. The number of rotatable bonds is 7. The number of hydrogen-bond acceptors (Lipinski definition) is 6. The van der Waals surface area contributed by atoms with E-state index in [1.807, 2.05) is 50.6 Å². The van der Waals surface area contributed by atoms with Gasteiger partial charge in [0.25, 0.3) is 0 Å². The Bertz CT molecular complexity index is 707. The number of ether oxygens (including phenoxy) is 1. The van der Waals surface area contributed by atoms with Gasteiger partial charge in [-0.05, 0) is 38.4 Å². The van der Waals surface area contributed by atoms with E-state index in [9.17, 15) is 0 Å². The Morgan fingerprint density at radius 2 is 1.96 bits per heavy atom. The number of anilines is 1. The maximum Gasteiger partial charge on any atom is 0.134 e. The molecule has 0 spiro atoms. The summed E-state index contributed by atoms with van der Waals surface area (Å²) in [5.74, 6) is 1.86. The standard InChI is InChI=1S/C20H29N5O/c1-15-11-22-19(23-20(15)24(2)3)10-17-7-8-18(26-17)14-25(4)13-16-6-5-9-21-12-16/h5-6,9,11-12,17-18H,7-8,10,13-14H2,1-4H3/t17-,18+/m0/s1. The van der Waals surface area contributed by atoms with Gasteiger partial charge in [0.1, 0.15) is 11.6 Å². The van der Waals surface area contributed by atoms with Crippen LogP contribution in [0.2, 0.25) is 0 Å². The van der Waals surface area contributed by atoms with Crippen molar-refractivity contribution in [3.63, 3.8) is 0 Å². The molecule has 1 aliphatic heterocycles. The summed E-state index contributed by atoms with van der Waals surface area (Å²) in [6.07, 6.45) is 9.07. The van der Waals surface area contributed by atoms with E-state index in [0.29, 0.717) is 0 Å². The SMILES string of the molecule is Cc1cnc(C[C@@H]2CC[C@H](CN(C)Cc3cccnc3)O2)nc1N(C)C. The maximum atomic E-state index is 6.25. The minimum Gasteiger partial charge on any atom is -0.373 e. The Morgan fingerprint density at radius 1 is 1.15 bits per heavy atom. The van der Waals surface area contributed by atoms with E-state index < -0.39 is 0 Å². The van der Waals surface area contributed by atoms with Gasteiger partial charge in [-0.2, -0.15) is 0 Å². The minimum absolute atomic E-state index is 0.213. The predicted molar refractivity (Wildman–Crippen MR) is 103 cm³/mol. The molecule has 2 aromatic rings. The van der Waals surface area contributed by atoms with Crippen LogP contribution in [-0.4, -0.2) is 59.7 Å². The molecule has 0 saturated carbocycles. The van der Waals surface area contributed by atoms with Gasteiger partial charge in [0.2, 0.25) is 0 Å². The Kier molecular flexibility index (Phi) is 6.16. The first-order valence-electron chi connectivity index (χ1n) is 9.24. The van der Waals surface area contributed by atoms with Crippen LogP contribution in [-0.2, 0) is 17.7 Å². The van der Waals surface area contributed by atoms with Crippen molar-refractivity contribution in [1.82, 2.24) is 19.9 Å². The third kappa shape index (κ3) is 4.99. The first-order chi connectivity index (χ1) is 12.5. The summed E-state index contributed by atoms with van der Waals surface area (Å²) in [5, 5.41) is 0. The van der Waals surface area contributed by atoms with Crippen LogP contribution < -0.4 is 4.90 Å². The van der Waals surface area contributed by atoms with Gasteiger partial charge < -0.3 is 9.64 Å². The smallest absolute Gasteiger partial charge is 0.134 e. The summed E-state index contributed by atoms with van der Waals surface area (Å²) in [6.45, 7) is 3.87. The molecule has 0 N–H and O–H groups in total. The monoisotopic (exact) mass is 355 g/mol. The van der Waals surface area contributed by atoms with Crippen molar-refractivity contribution in [1.29, 1.82) is 0 Å². The van der Waals surface area contributed by atoms with Crippen LogP contribution in [0, 0.1) is 6.92 Å². The first-order valence-corrected chi connectivity index (χ1v) is 9.24. The van der Waals surface area contributed by atoms with Crippen LogP contribution in [0.25, 0.3) is 0 Å². The van der Waals surface area contributed by atoms with Crippen molar-refractivity contribution in [3.8, 4) is 0 Å². The molecule has 6 heteroatoms. The van der Waals surface area contributed by atoms with Crippen molar-refractivity contribution >= 4 is 5.82 Å². The fourth-order valence-corrected chi connectivity index (χ4v) is 3.50. The molecule has 0 amide bonds. The van der Waals surface area contributed by atoms with Crippen molar-refractivity contribution < 1.29 is 4.74 Å². The van der Waals surface area contributed by atoms with E-state index in [0.717, 1.165) is 49.6 Å². The molecule has 26 heavy (non-hydrogen) atoms. The maximum absolute atomic E-state index is 6.25.